The van der Waals surface area contributed by atoms with Gasteiger partial charge in [-0.25, -0.2) is 9.97 Å². The smallest absolute Gasteiger partial charge is 0.307 e. The van der Waals surface area contributed by atoms with E-state index in [0.29, 0.717) is 25.4 Å². The first kappa shape index (κ1) is 15.0. The fraction of sp³-hybridized carbons (Fsp3) is 0.462. The summed E-state index contributed by atoms with van der Waals surface area (Å²) in [4.78, 5) is 21.8. The molecule has 2 rings (SSSR count). The molecule has 108 valence electrons. The minimum Gasteiger partial charge on any atom is -0.466 e. The highest BCUT2D eigenvalue weighted by Crippen LogP contribution is 2.30. The van der Waals surface area contributed by atoms with E-state index in [2.05, 4.69) is 28.3 Å². The number of rotatable bonds is 6. The van der Waals surface area contributed by atoms with E-state index in [1.807, 2.05) is 0 Å². The lowest BCUT2D eigenvalue weighted by Crippen LogP contribution is -2.12. The normalized spacial score (nSPS) is 10.8. The summed E-state index contributed by atoms with van der Waals surface area (Å²) in [6, 6.07) is 2.06. The second-order valence-corrected chi connectivity index (χ2v) is 5.56. The number of hydrogen-bond acceptors (Lipinski definition) is 6. The van der Waals surface area contributed by atoms with Crippen molar-refractivity contribution >= 4 is 44.9 Å². The third-order valence-corrected chi connectivity index (χ3v) is 4.03. The van der Waals surface area contributed by atoms with Crippen LogP contribution in [0.15, 0.2) is 6.07 Å². The van der Waals surface area contributed by atoms with Gasteiger partial charge in [-0.3, -0.25) is 4.79 Å². The molecule has 2 aromatic heterocycles. The summed E-state index contributed by atoms with van der Waals surface area (Å²) >= 11 is 7.53. The molecule has 0 aliphatic heterocycles. The number of hydrogen-bond donors (Lipinski definition) is 1. The Morgan fingerprint density at radius 3 is 2.95 bits per heavy atom. The number of esters is 1. The Labute approximate surface area is 126 Å². The number of aromatic nitrogens is 2. The number of thiophene rings is 1. The Hall–Kier alpha value is -1.40. The van der Waals surface area contributed by atoms with E-state index in [1.54, 1.807) is 18.3 Å². The van der Waals surface area contributed by atoms with Gasteiger partial charge in [0.15, 0.2) is 0 Å². The van der Waals surface area contributed by atoms with Crippen molar-refractivity contribution in [3.8, 4) is 0 Å². The van der Waals surface area contributed by atoms with Crippen LogP contribution in [-0.2, 0) is 16.0 Å². The van der Waals surface area contributed by atoms with Crippen LogP contribution in [0.5, 0.6) is 0 Å². The molecule has 0 unspecified atom stereocenters. The van der Waals surface area contributed by atoms with Crippen molar-refractivity contribution in [3.63, 3.8) is 0 Å². The zero-order valence-electron chi connectivity index (χ0n) is 11.4. The number of nitrogens with one attached hydrogen (secondary N) is 1. The van der Waals surface area contributed by atoms with Crippen LogP contribution < -0.4 is 5.32 Å². The second kappa shape index (κ2) is 6.85. The molecule has 20 heavy (non-hydrogen) atoms. The Morgan fingerprint density at radius 2 is 2.25 bits per heavy atom. The van der Waals surface area contributed by atoms with Gasteiger partial charge in [0.1, 0.15) is 10.6 Å². The number of carbonyl (C=O) groups excluding carboxylic acids is 1. The molecule has 2 aromatic rings. The van der Waals surface area contributed by atoms with E-state index in [9.17, 15) is 4.79 Å². The van der Waals surface area contributed by atoms with Crippen molar-refractivity contribution in [2.24, 2.45) is 0 Å². The highest BCUT2D eigenvalue weighted by atomic mass is 35.5. The summed E-state index contributed by atoms with van der Waals surface area (Å²) in [5.74, 6) is 0.441. The van der Waals surface area contributed by atoms with E-state index >= 15 is 0 Å². The number of anilines is 1. The molecule has 0 saturated carbocycles. The number of fused-ring (bicyclic) bond motifs is 1. The maximum absolute atomic E-state index is 11.3. The monoisotopic (exact) mass is 313 g/mol. The van der Waals surface area contributed by atoms with Crippen molar-refractivity contribution in [2.45, 2.75) is 26.7 Å². The minimum absolute atomic E-state index is 0.209. The number of carbonyl (C=O) groups is 1. The SMILES string of the molecule is CCOC(=O)CCNc1nc(Cl)nc2sc(CC)cc12. The third-order valence-electron chi connectivity index (χ3n) is 2.69. The van der Waals surface area contributed by atoms with E-state index in [4.69, 9.17) is 16.3 Å². The number of ether oxygens (including phenoxy) is 1. The molecule has 0 saturated heterocycles. The van der Waals surface area contributed by atoms with Gasteiger partial charge < -0.3 is 10.1 Å². The topological polar surface area (TPSA) is 64.1 Å². The van der Waals surface area contributed by atoms with Gasteiger partial charge in [-0.2, -0.15) is 0 Å². The van der Waals surface area contributed by atoms with Crippen molar-refractivity contribution in [2.75, 3.05) is 18.5 Å². The van der Waals surface area contributed by atoms with Crippen molar-refractivity contribution < 1.29 is 9.53 Å². The molecule has 0 aliphatic carbocycles. The maximum atomic E-state index is 11.3. The fourth-order valence-corrected chi connectivity index (χ4v) is 2.96. The summed E-state index contributed by atoms with van der Waals surface area (Å²) in [7, 11) is 0. The van der Waals surface area contributed by atoms with Crippen molar-refractivity contribution in [1.29, 1.82) is 0 Å². The van der Waals surface area contributed by atoms with Gasteiger partial charge in [-0.15, -0.1) is 11.3 Å². The Kier molecular flexibility index (Phi) is 5.14. The summed E-state index contributed by atoms with van der Waals surface area (Å²) in [6.45, 7) is 4.73. The summed E-state index contributed by atoms with van der Waals surface area (Å²) in [5.41, 5.74) is 0. The van der Waals surface area contributed by atoms with E-state index in [0.717, 1.165) is 16.6 Å². The highest BCUT2D eigenvalue weighted by Gasteiger charge is 2.11. The van der Waals surface area contributed by atoms with Gasteiger partial charge in [0.25, 0.3) is 0 Å². The van der Waals surface area contributed by atoms with Crippen LogP contribution in [0.2, 0.25) is 5.28 Å². The third kappa shape index (κ3) is 3.58. The first-order valence-corrected chi connectivity index (χ1v) is 7.69. The Morgan fingerprint density at radius 1 is 1.45 bits per heavy atom. The molecule has 7 heteroatoms. The quantitative estimate of drug-likeness (QED) is 0.655. The molecule has 0 fully saturated rings. The second-order valence-electron chi connectivity index (χ2n) is 4.11. The van der Waals surface area contributed by atoms with Crippen LogP contribution in [0.25, 0.3) is 10.2 Å². The molecule has 0 aliphatic rings. The number of halogens is 1. The first-order valence-electron chi connectivity index (χ1n) is 6.49. The summed E-state index contributed by atoms with van der Waals surface area (Å²) in [6.07, 6.45) is 1.24. The van der Waals surface area contributed by atoms with E-state index in [1.165, 1.54) is 4.88 Å². The van der Waals surface area contributed by atoms with Crippen LogP contribution in [0.4, 0.5) is 5.82 Å². The lowest BCUT2D eigenvalue weighted by atomic mass is 10.3. The van der Waals surface area contributed by atoms with Crippen molar-refractivity contribution in [3.05, 3.63) is 16.2 Å². The minimum atomic E-state index is -0.226. The zero-order valence-corrected chi connectivity index (χ0v) is 13.0. The largest absolute Gasteiger partial charge is 0.466 e. The lowest BCUT2D eigenvalue weighted by Gasteiger charge is -2.06. The Balaban J connectivity index is 2.12. The zero-order chi connectivity index (χ0) is 14.5. The fourth-order valence-electron chi connectivity index (χ4n) is 1.77. The van der Waals surface area contributed by atoms with Crippen LogP contribution in [0.1, 0.15) is 25.1 Å². The molecular formula is C13H16ClN3O2S. The predicted molar refractivity (Wildman–Crippen MR) is 81.5 cm³/mol. The molecule has 0 radical (unpaired) electrons. The van der Waals surface area contributed by atoms with Gasteiger partial charge in [0.2, 0.25) is 5.28 Å². The molecule has 0 amide bonds. The van der Waals surface area contributed by atoms with Gasteiger partial charge >= 0.3 is 5.97 Å². The average Bonchev–Trinajstić information content (AvgIpc) is 2.82. The van der Waals surface area contributed by atoms with E-state index in [-0.39, 0.29) is 11.3 Å². The maximum Gasteiger partial charge on any atom is 0.307 e. The Bertz CT molecular complexity index is 615. The van der Waals surface area contributed by atoms with Gasteiger partial charge in [0.05, 0.1) is 18.4 Å². The summed E-state index contributed by atoms with van der Waals surface area (Å²) < 4.78 is 4.88. The number of nitrogens with zero attached hydrogens (tertiary/aromatic N) is 2. The van der Waals surface area contributed by atoms with Crippen LogP contribution >= 0.6 is 22.9 Å². The molecular weight excluding hydrogens is 298 g/mol. The lowest BCUT2D eigenvalue weighted by molar-refractivity contribution is -0.142. The van der Waals surface area contributed by atoms with Crippen LogP contribution in [0, 0.1) is 0 Å². The van der Waals surface area contributed by atoms with E-state index < -0.39 is 0 Å². The standard InChI is InChI=1S/C13H16ClN3O2S/c1-3-8-7-9-11(15-6-5-10(18)19-4-2)16-13(14)17-12(9)20-8/h7H,3-6H2,1-2H3,(H,15,16,17). The molecule has 0 atom stereocenters. The van der Waals surface area contributed by atoms with Gasteiger partial charge in [-0.05, 0) is 31.0 Å². The van der Waals surface area contributed by atoms with Crippen LogP contribution in [-0.4, -0.2) is 29.1 Å². The molecule has 5 nitrogen and oxygen atoms in total. The van der Waals surface area contributed by atoms with Crippen molar-refractivity contribution in [1.82, 2.24) is 9.97 Å². The van der Waals surface area contributed by atoms with Gasteiger partial charge in [-0.1, -0.05) is 6.92 Å². The average molecular weight is 314 g/mol. The highest BCUT2D eigenvalue weighted by molar-refractivity contribution is 7.18. The van der Waals surface area contributed by atoms with Crippen LogP contribution in [0.3, 0.4) is 0 Å². The first-order chi connectivity index (χ1) is 9.63. The predicted octanol–water partition coefficient (Wildman–Crippen LogP) is 3.27. The molecule has 2 heterocycles. The van der Waals surface area contributed by atoms with Gasteiger partial charge in [0, 0.05) is 11.4 Å². The molecule has 1 N–H and O–H groups in total. The molecule has 0 bridgehead atoms. The summed E-state index contributed by atoms with van der Waals surface area (Å²) in [5, 5.41) is 4.28. The molecule has 0 spiro atoms. The number of aryl methyl sites for hydroxylation is 1. The molecule has 0 aromatic carbocycles.